The average Bonchev–Trinajstić information content (AvgIpc) is 2.57. The van der Waals surface area contributed by atoms with Crippen LogP contribution in [0.4, 0.5) is 5.69 Å². The lowest BCUT2D eigenvalue weighted by atomic mass is 10.3. The summed E-state index contributed by atoms with van der Waals surface area (Å²) in [7, 11) is 0. The van der Waals surface area contributed by atoms with Crippen molar-refractivity contribution in [3.63, 3.8) is 0 Å². The van der Waals surface area contributed by atoms with Gasteiger partial charge < -0.3 is 0 Å². The molecule has 0 fully saturated rings. The zero-order valence-electron chi connectivity index (χ0n) is 8.52. The maximum Gasteiger partial charge on any atom is 0.283 e. The predicted octanol–water partition coefficient (Wildman–Crippen LogP) is 2.82. The van der Waals surface area contributed by atoms with Gasteiger partial charge in [0, 0.05) is 10.9 Å². The molecule has 4 nitrogen and oxygen atoms in total. The van der Waals surface area contributed by atoms with E-state index in [-0.39, 0.29) is 16.4 Å². The van der Waals surface area contributed by atoms with E-state index >= 15 is 0 Å². The molecule has 1 heterocycles. The minimum atomic E-state index is -0.388. The normalized spacial score (nSPS) is 10.8. The molecule has 0 saturated heterocycles. The summed E-state index contributed by atoms with van der Waals surface area (Å²) in [4.78, 5) is 22.4. The molecule has 1 aromatic rings. The van der Waals surface area contributed by atoms with Crippen molar-refractivity contribution in [1.29, 1.82) is 0 Å². The third kappa shape index (κ3) is 2.99. The van der Waals surface area contributed by atoms with Crippen LogP contribution in [0.15, 0.2) is 12.1 Å². The highest BCUT2D eigenvalue weighted by atomic mass is 32.1. The summed E-state index contributed by atoms with van der Waals surface area (Å²) in [6, 6.07) is 1.50. The Hall–Kier alpha value is -1.49. The maximum absolute atomic E-state index is 10.7. The van der Waals surface area contributed by atoms with E-state index in [2.05, 4.69) is 0 Å². The summed E-state index contributed by atoms with van der Waals surface area (Å²) >= 11 is 1.35. The van der Waals surface area contributed by atoms with Crippen LogP contribution in [0.3, 0.4) is 0 Å². The molecule has 0 bridgehead atoms. The van der Waals surface area contributed by atoms with Crippen LogP contribution in [0.1, 0.15) is 23.6 Å². The maximum atomic E-state index is 10.7. The van der Waals surface area contributed by atoms with Gasteiger partial charge in [0.05, 0.1) is 9.80 Å². The lowest BCUT2D eigenvalue weighted by Gasteiger charge is -1.88. The van der Waals surface area contributed by atoms with E-state index in [1.54, 1.807) is 6.08 Å². The molecule has 0 aromatic carbocycles. The number of nitro groups is 1. The van der Waals surface area contributed by atoms with Crippen LogP contribution in [0.5, 0.6) is 0 Å². The van der Waals surface area contributed by atoms with E-state index in [4.69, 9.17) is 0 Å². The van der Waals surface area contributed by atoms with E-state index in [0.717, 1.165) is 9.75 Å². The summed E-state index contributed by atoms with van der Waals surface area (Å²) in [5, 5.41) is 10.7. The quantitative estimate of drug-likeness (QED) is 0.449. The number of hydrogen-bond donors (Lipinski definition) is 0. The van der Waals surface area contributed by atoms with Crippen LogP contribution < -0.4 is 0 Å². The van der Waals surface area contributed by atoms with Crippen LogP contribution in [-0.2, 0) is 11.2 Å². The number of nitrogens with zero attached hydrogens (tertiary/aromatic N) is 1. The summed E-state index contributed by atoms with van der Waals surface area (Å²) in [6.07, 6.45) is 3.66. The van der Waals surface area contributed by atoms with Gasteiger partial charge in [-0.2, -0.15) is 0 Å². The fourth-order valence-corrected chi connectivity index (χ4v) is 2.10. The molecular weight excluding hydrogens is 214 g/mol. The van der Waals surface area contributed by atoms with Crippen LogP contribution in [0.2, 0.25) is 0 Å². The molecule has 0 spiro atoms. The SMILES string of the molecule is CCc1sc(/C=C/C(C)=O)cc1[N+](=O)[O-]. The Balaban J connectivity index is 3.02. The number of rotatable bonds is 4. The van der Waals surface area contributed by atoms with Gasteiger partial charge in [-0.25, -0.2) is 0 Å². The molecule has 0 N–H and O–H groups in total. The second-order valence-electron chi connectivity index (χ2n) is 3.01. The summed E-state index contributed by atoms with van der Waals surface area (Å²) in [5.74, 6) is -0.0656. The Labute approximate surface area is 91.4 Å². The summed E-state index contributed by atoms with van der Waals surface area (Å²) < 4.78 is 0. The molecular formula is C10H11NO3S. The Morgan fingerprint density at radius 1 is 1.67 bits per heavy atom. The number of carbonyl (C=O) groups is 1. The molecule has 0 aliphatic rings. The highest BCUT2D eigenvalue weighted by molar-refractivity contribution is 7.13. The smallest absolute Gasteiger partial charge is 0.283 e. The van der Waals surface area contributed by atoms with Crippen molar-refractivity contribution in [2.45, 2.75) is 20.3 Å². The van der Waals surface area contributed by atoms with Crippen molar-refractivity contribution >= 4 is 28.9 Å². The molecule has 1 aromatic heterocycles. The van der Waals surface area contributed by atoms with Gasteiger partial charge in [-0.05, 0) is 25.5 Å². The standard InChI is InChI=1S/C10H11NO3S/c1-3-10-9(11(13)14)6-8(15-10)5-4-7(2)12/h4-6H,3H2,1-2H3/b5-4+. The number of ketones is 1. The first-order valence-electron chi connectivity index (χ1n) is 4.50. The third-order valence-corrected chi connectivity index (χ3v) is 3.04. The minimum Gasteiger partial charge on any atom is -0.295 e. The Bertz CT molecular complexity index is 420. The molecule has 0 aliphatic heterocycles. The van der Waals surface area contributed by atoms with Gasteiger partial charge in [-0.15, -0.1) is 11.3 Å². The van der Waals surface area contributed by atoms with Gasteiger partial charge in [0.1, 0.15) is 0 Å². The molecule has 0 aliphatic carbocycles. The number of allylic oxidation sites excluding steroid dienone is 1. The van der Waals surface area contributed by atoms with Crippen LogP contribution in [0, 0.1) is 10.1 Å². The van der Waals surface area contributed by atoms with Crippen molar-refractivity contribution < 1.29 is 9.72 Å². The van der Waals surface area contributed by atoms with E-state index in [9.17, 15) is 14.9 Å². The lowest BCUT2D eigenvalue weighted by molar-refractivity contribution is -0.385. The number of aryl methyl sites for hydroxylation is 1. The minimum absolute atomic E-state index is 0.0656. The molecule has 0 amide bonds. The topological polar surface area (TPSA) is 60.2 Å². The van der Waals surface area contributed by atoms with E-state index in [1.807, 2.05) is 6.92 Å². The fourth-order valence-electron chi connectivity index (χ4n) is 1.13. The van der Waals surface area contributed by atoms with E-state index in [1.165, 1.54) is 30.4 Å². The highest BCUT2D eigenvalue weighted by Crippen LogP contribution is 2.30. The zero-order chi connectivity index (χ0) is 11.4. The molecule has 1 rings (SSSR count). The molecule has 0 saturated carbocycles. The van der Waals surface area contributed by atoms with Crippen molar-refractivity contribution in [2.75, 3.05) is 0 Å². The second-order valence-corrected chi connectivity index (χ2v) is 4.18. The largest absolute Gasteiger partial charge is 0.295 e. The molecule has 0 atom stereocenters. The van der Waals surface area contributed by atoms with Crippen LogP contribution in [0.25, 0.3) is 6.08 Å². The van der Waals surface area contributed by atoms with Crippen molar-refractivity contribution in [2.24, 2.45) is 0 Å². The van der Waals surface area contributed by atoms with Gasteiger partial charge in [0.15, 0.2) is 5.78 Å². The van der Waals surface area contributed by atoms with E-state index < -0.39 is 0 Å². The molecule has 0 radical (unpaired) electrons. The molecule has 5 heteroatoms. The second kappa shape index (κ2) is 4.84. The van der Waals surface area contributed by atoms with Crippen LogP contribution in [-0.4, -0.2) is 10.7 Å². The fraction of sp³-hybridized carbons (Fsp3) is 0.300. The summed E-state index contributed by atoms with van der Waals surface area (Å²) in [5.41, 5.74) is 0.144. The van der Waals surface area contributed by atoms with Crippen molar-refractivity contribution in [3.05, 3.63) is 32.0 Å². The number of hydrogen-bond acceptors (Lipinski definition) is 4. The first kappa shape index (κ1) is 11.6. The van der Waals surface area contributed by atoms with Gasteiger partial charge in [0.25, 0.3) is 5.69 Å². The Morgan fingerprint density at radius 3 is 2.73 bits per heavy atom. The van der Waals surface area contributed by atoms with Gasteiger partial charge in [-0.3, -0.25) is 14.9 Å². The zero-order valence-corrected chi connectivity index (χ0v) is 9.34. The van der Waals surface area contributed by atoms with Gasteiger partial charge in [-0.1, -0.05) is 6.92 Å². The first-order chi connectivity index (χ1) is 7.04. The van der Waals surface area contributed by atoms with Gasteiger partial charge >= 0.3 is 0 Å². The monoisotopic (exact) mass is 225 g/mol. The van der Waals surface area contributed by atoms with Crippen LogP contribution >= 0.6 is 11.3 Å². The molecule has 15 heavy (non-hydrogen) atoms. The van der Waals surface area contributed by atoms with Crippen molar-refractivity contribution in [3.8, 4) is 0 Å². The lowest BCUT2D eigenvalue weighted by Crippen LogP contribution is -1.88. The molecule has 80 valence electrons. The summed E-state index contributed by atoms with van der Waals surface area (Å²) in [6.45, 7) is 3.32. The van der Waals surface area contributed by atoms with Gasteiger partial charge in [0.2, 0.25) is 0 Å². The Morgan fingerprint density at radius 2 is 2.33 bits per heavy atom. The first-order valence-corrected chi connectivity index (χ1v) is 5.32. The van der Waals surface area contributed by atoms with Crippen molar-refractivity contribution in [1.82, 2.24) is 0 Å². The highest BCUT2D eigenvalue weighted by Gasteiger charge is 2.15. The number of carbonyl (C=O) groups excluding carboxylic acids is 1. The average molecular weight is 225 g/mol. The Kier molecular flexibility index (Phi) is 3.74. The molecule has 0 unspecified atom stereocenters. The third-order valence-electron chi connectivity index (χ3n) is 1.81. The number of thiophene rings is 1. The predicted molar refractivity (Wildman–Crippen MR) is 60.1 cm³/mol. The van der Waals surface area contributed by atoms with E-state index in [0.29, 0.717) is 6.42 Å².